The van der Waals surface area contributed by atoms with Gasteiger partial charge in [-0.2, -0.15) is 0 Å². The van der Waals surface area contributed by atoms with Crippen molar-refractivity contribution in [2.45, 2.75) is 31.6 Å². The number of nitrogens with zero attached hydrogens (tertiary/aromatic N) is 4. The van der Waals surface area contributed by atoms with Crippen LogP contribution in [0.1, 0.15) is 24.0 Å². The van der Waals surface area contributed by atoms with Crippen LogP contribution in [0.4, 0.5) is 11.6 Å². The van der Waals surface area contributed by atoms with E-state index >= 15 is 0 Å². The van der Waals surface area contributed by atoms with Crippen LogP contribution in [0.25, 0.3) is 22.0 Å². The van der Waals surface area contributed by atoms with E-state index in [4.69, 9.17) is 9.72 Å². The number of ether oxygens (including phenoxy) is 1. The molecule has 4 heterocycles. The summed E-state index contributed by atoms with van der Waals surface area (Å²) in [5.74, 6) is 1.35. The maximum atomic E-state index is 13.0. The average molecular weight is 582 g/mol. The molecule has 5 aromatic rings. The molecule has 1 saturated heterocycles. The van der Waals surface area contributed by atoms with Crippen molar-refractivity contribution in [1.29, 1.82) is 0 Å². The van der Waals surface area contributed by atoms with E-state index in [1.54, 1.807) is 49.1 Å². The van der Waals surface area contributed by atoms with Crippen LogP contribution in [0.15, 0.2) is 85.5 Å². The zero-order chi connectivity index (χ0) is 28.9. The van der Waals surface area contributed by atoms with Crippen molar-refractivity contribution < 1.29 is 13.2 Å². The largest absolute Gasteiger partial charge is 0.437 e. The molecule has 0 radical (unpaired) electrons. The molecule has 11 heteroatoms. The zero-order valence-corrected chi connectivity index (χ0v) is 23.9. The lowest BCUT2D eigenvalue weighted by Gasteiger charge is -2.23. The Balaban J connectivity index is 1.30. The number of hydrogen-bond acceptors (Lipinski definition) is 9. The molecule has 10 nitrogen and oxygen atoms in total. The van der Waals surface area contributed by atoms with Crippen molar-refractivity contribution in [1.82, 2.24) is 25.3 Å². The highest BCUT2D eigenvalue weighted by Gasteiger charge is 2.19. The van der Waals surface area contributed by atoms with Gasteiger partial charge in [-0.1, -0.05) is 30.3 Å². The second-order valence-electron chi connectivity index (χ2n) is 10.2. The Morgan fingerprint density at radius 1 is 0.976 bits per heavy atom. The lowest BCUT2D eigenvalue weighted by atomic mass is 10.0. The number of piperidine rings is 1. The highest BCUT2D eigenvalue weighted by molar-refractivity contribution is 7.91. The van der Waals surface area contributed by atoms with E-state index in [2.05, 4.69) is 30.3 Å². The number of anilines is 2. The Hall–Kier alpha value is -4.61. The van der Waals surface area contributed by atoms with E-state index < -0.39 is 10.0 Å². The number of rotatable bonds is 9. The van der Waals surface area contributed by atoms with Crippen molar-refractivity contribution in [3.63, 3.8) is 0 Å². The molecule has 2 aromatic carbocycles. The fourth-order valence-corrected chi connectivity index (χ4v) is 6.26. The van der Waals surface area contributed by atoms with E-state index in [1.807, 2.05) is 43.3 Å². The molecule has 3 N–H and O–H groups in total. The monoisotopic (exact) mass is 581 g/mol. The molecule has 1 unspecified atom stereocenters. The van der Waals surface area contributed by atoms with Gasteiger partial charge < -0.3 is 15.4 Å². The lowest BCUT2D eigenvalue weighted by molar-refractivity contribution is 0.466. The predicted molar refractivity (Wildman–Crippen MR) is 164 cm³/mol. The van der Waals surface area contributed by atoms with Gasteiger partial charge in [0.1, 0.15) is 5.75 Å². The van der Waals surface area contributed by atoms with Gasteiger partial charge in [0.05, 0.1) is 22.7 Å². The number of fused-ring (bicyclic) bond motifs is 1. The van der Waals surface area contributed by atoms with E-state index in [0.29, 0.717) is 39.9 Å². The second-order valence-corrected chi connectivity index (χ2v) is 12.0. The summed E-state index contributed by atoms with van der Waals surface area (Å²) >= 11 is 0. The Morgan fingerprint density at radius 3 is 2.71 bits per heavy atom. The molecule has 3 aromatic heterocycles. The Morgan fingerprint density at radius 2 is 1.88 bits per heavy atom. The summed E-state index contributed by atoms with van der Waals surface area (Å²) in [6.07, 6.45) is 8.72. The normalized spacial score (nSPS) is 15.3. The number of aromatic nitrogens is 4. The van der Waals surface area contributed by atoms with E-state index in [1.165, 1.54) is 0 Å². The van der Waals surface area contributed by atoms with Crippen molar-refractivity contribution in [3.05, 3.63) is 96.6 Å². The Bertz CT molecular complexity index is 1810. The summed E-state index contributed by atoms with van der Waals surface area (Å²) in [6, 6.07) is 18.6. The third-order valence-corrected chi connectivity index (χ3v) is 8.33. The Labute approximate surface area is 244 Å². The van der Waals surface area contributed by atoms with Gasteiger partial charge in [0.25, 0.3) is 0 Å². The number of nitrogens with one attached hydrogen (secondary N) is 3. The van der Waals surface area contributed by atoms with Gasteiger partial charge in [0, 0.05) is 48.1 Å². The highest BCUT2D eigenvalue weighted by Crippen LogP contribution is 2.39. The van der Waals surface area contributed by atoms with Crippen molar-refractivity contribution in [3.8, 4) is 22.9 Å². The van der Waals surface area contributed by atoms with Crippen molar-refractivity contribution in [2.24, 2.45) is 0 Å². The van der Waals surface area contributed by atoms with Crippen LogP contribution in [0, 0.1) is 6.92 Å². The first kappa shape index (κ1) is 27.6. The van der Waals surface area contributed by atoms with Gasteiger partial charge in [0.2, 0.25) is 21.9 Å². The van der Waals surface area contributed by atoms with E-state index in [-0.39, 0.29) is 11.8 Å². The van der Waals surface area contributed by atoms with Gasteiger partial charge in [-0.25, -0.2) is 23.4 Å². The number of sulfonamides is 1. The summed E-state index contributed by atoms with van der Waals surface area (Å²) < 4.78 is 35.3. The second kappa shape index (κ2) is 12.1. The number of pyridine rings is 2. The molecule has 0 saturated carbocycles. The molecule has 0 aliphatic carbocycles. The standard InChI is InChI=1S/C31H31N7O3S/c1-21-11-12-24-25(8-2-10-28(24)38-42(39,40)20-22-6-3-14-32-18-22)29(21)41-30-26(9-5-16-34-30)27-13-17-35-31(37-27)36-23-7-4-15-33-19-23/h2-3,5-6,8-14,16-18,23,33,38H,4,7,15,19-20H2,1H3,(H,35,36,37). The van der Waals surface area contributed by atoms with E-state index in [0.717, 1.165) is 42.4 Å². The van der Waals surface area contributed by atoms with Gasteiger partial charge in [-0.3, -0.25) is 9.71 Å². The van der Waals surface area contributed by atoms with Crippen molar-refractivity contribution >= 4 is 32.4 Å². The molecule has 1 aliphatic heterocycles. The SMILES string of the molecule is Cc1ccc2c(NS(=O)(=O)Cc3cccnc3)cccc2c1Oc1ncccc1-c1ccnc(NC2CCCNC2)n1. The van der Waals surface area contributed by atoms with Crippen LogP contribution in [0.2, 0.25) is 0 Å². The van der Waals surface area contributed by atoms with Gasteiger partial charge in [-0.15, -0.1) is 0 Å². The molecule has 0 spiro atoms. The minimum Gasteiger partial charge on any atom is -0.437 e. The van der Waals surface area contributed by atoms with Gasteiger partial charge in [-0.05, 0) is 67.8 Å². The summed E-state index contributed by atoms with van der Waals surface area (Å²) in [5, 5.41) is 8.29. The maximum absolute atomic E-state index is 13.0. The first-order valence-electron chi connectivity index (χ1n) is 13.8. The number of benzene rings is 2. The van der Waals surface area contributed by atoms with Crippen LogP contribution in [0.5, 0.6) is 11.6 Å². The summed E-state index contributed by atoms with van der Waals surface area (Å²) in [5.41, 5.74) is 3.34. The third-order valence-electron chi connectivity index (χ3n) is 7.09. The molecule has 0 bridgehead atoms. The molecule has 42 heavy (non-hydrogen) atoms. The summed E-state index contributed by atoms with van der Waals surface area (Å²) in [4.78, 5) is 17.7. The third kappa shape index (κ3) is 6.32. The molecule has 214 valence electrons. The van der Waals surface area contributed by atoms with Crippen LogP contribution >= 0.6 is 0 Å². The Kier molecular flexibility index (Phi) is 7.93. The molecule has 0 amide bonds. The quantitative estimate of drug-likeness (QED) is 0.212. The highest BCUT2D eigenvalue weighted by atomic mass is 32.2. The van der Waals surface area contributed by atoms with Gasteiger partial charge in [0.15, 0.2) is 0 Å². The average Bonchev–Trinajstić information content (AvgIpc) is 3.00. The smallest absolute Gasteiger partial charge is 0.236 e. The fourth-order valence-electron chi connectivity index (χ4n) is 5.07. The first-order valence-corrected chi connectivity index (χ1v) is 15.5. The lowest BCUT2D eigenvalue weighted by Crippen LogP contribution is -2.38. The summed E-state index contributed by atoms with van der Waals surface area (Å²) in [6.45, 7) is 3.85. The summed E-state index contributed by atoms with van der Waals surface area (Å²) in [7, 11) is -3.69. The molecular weight excluding hydrogens is 550 g/mol. The van der Waals surface area contributed by atoms with Gasteiger partial charge >= 0.3 is 0 Å². The minimum atomic E-state index is -3.69. The van der Waals surface area contributed by atoms with Crippen molar-refractivity contribution in [2.75, 3.05) is 23.1 Å². The molecule has 1 atom stereocenters. The van der Waals surface area contributed by atoms with E-state index in [9.17, 15) is 8.42 Å². The predicted octanol–water partition coefficient (Wildman–Crippen LogP) is 5.29. The van der Waals surface area contributed by atoms with Crippen LogP contribution in [0.3, 0.4) is 0 Å². The zero-order valence-electron chi connectivity index (χ0n) is 23.1. The topological polar surface area (TPSA) is 131 Å². The maximum Gasteiger partial charge on any atom is 0.236 e. The number of hydrogen-bond donors (Lipinski definition) is 3. The minimum absolute atomic E-state index is 0.184. The van der Waals surface area contributed by atoms with Crippen LogP contribution in [-0.4, -0.2) is 47.5 Å². The molecule has 1 aliphatic rings. The molecular formula is C31H31N7O3S. The molecule has 6 rings (SSSR count). The molecule has 1 fully saturated rings. The van der Waals surface area contributed by atoms with Crippen LogP contribution in [-0.2, 0) is 15.8 Å². The van der Waals surface area contributed by atoms with Crippen LogP contribution < -0.4 is 20.1 Å². The number of aryl methyl sites for hydroxylation is 1. The fraction of sp³-hybridized carbons (Fsp3) is 0.226. The first-order chi connectivity index (χ1) is 20.4.